The van der Waals surface area contributed by atoms with Crippen LogP contribution in [0.1, 0.15) is 25.8 Å². The fourth-order valence-electron chi connectivity index (χ4n) is 2.37. The van der Waals surface area contributed by atoms with E-state index in [-0.39, 0.29) is 32.3 Å². The Balaban J connectivity index is 1.64. The fraction of sp³-hybridized carbons (Fsp3) is 0.556. The molecule has 0 spiro atoms. The number of carbonyl (C=O) groups excluding carboxylic acids is 2. The van der Waals surface area contributed by atoms with Crippen LogP contribution in [0.2, 0.25) is 0 Å². The lowest BCUT2D eigenvalue weighted by Crippen LogP contribution is -2.46. The molecule has 0 aliphatic carbocycles. The van der Waals surface area contributed by atoms with E-state index in [0.717, 1.165) is 11.3 Å². The number of hydrogen-bond acceptors (Lipinski definition) is 6. The molecular formula is C18H26N2O6. The number of amides is 2. The van der Waals surface area contributed by atoms with Crippen LogP contribution in [0.15, 0.2) is 18.2 Å². The Morgan fingerprint density at radius 2 is 1.92 bits per heavy atom. The summed E-state index contributed by atoms with van der Waals surface area (Å²) in [5.41, 5.74) is 0.0916. The molecule has 1 atom stereocenters. The molecule has 1 heterocycles. The standard InChI is InChI=1S/C18H26N2O6/c1-18(2,10-21)16(23)17(24)20-8-6-15(22)19-7-5-12-3-4-13-14(9-12)26-11-25-13/h3-4,9,16,21,23H,5-8,10-11H2,1-2H3,(H,19,22)(H,20,24). The van der Waals surface area contributed by atoms with Crippen molar-refractivity contribution in [2.45, 2.75) is 32.8 Å². The van der Waals surface area contributed by atoms with Gasteiger partial charge in [0, 0.05) is 24.9 Å². The Morgan fingerprint density at radius 1 is 1.19 bits per heavy atom. The zero-order valence-corrected chi connectivity index (χ0v) is 15.1. The number of benzene rings is 1. The zero-order valence-electron chi connectivity index (χ0n) is 15.1. The highest BCUT2D eigenvalue weighted by molar-refractivity contribution is 5.82. The van der Waals surface area contributed by atoms with E-state index in [9.17, 15) is 14.7 Å². The summed E-state index contributed by atoms with van der Waals surface area (Å²) >= 11 is 0. The first-order chi connectivity index (χ1) is 12.3. The van der Waals surface area contributed by atoms with Crippen molar-refractivity contribution in [3.63, 3.8) is 0 Å². The third kappa shape index (κ3) is 5.34. The van der Waals surface area contributed by atoms with Crippen LogP contribution in [-0.2, 0) is 16.0 Å². The van der Waals surface area contributed by atoms with Crippen LogP contribution in [0, 0.1) is 5.41 Å². The van der Waals surface area contributed by atoms with E-state index in [2.05, 4.69) is 10.6 Å². The molecule has 0 aromatic heterocycles. The number of ether oxygens (including phenoxy) is 2. The molecule has 26 heavy (non-hydrogen) atoms. The van der Waals surface area contributed by atoms with E-state index in [1.165, 1.54) is 0 Å². The predicted molar refractivity (Wildman–Crippen MR) is 93.8 cm³/mol. The first-order valence-corrected chi connectivity index (χ1v) is 8.55. The normalized spacial score (nSPS) is 14.0. The monoisotopic (exact) mass is 366 g/mol. The number of rotatable bonds is 9. The van der Waals surface area contributed by atoms with Crippen LogP contribution in [-0.4, -0.2) is 54.6 Å². The lowest BCUT2D eigenvalue weighted by atomic mass is 9.87. The number of hydrogen-bond donors (Lipinski definition) is 4. The van der Waals surface area contributed by atoms with Crippen LogP contribution < -0.4 is 20.1 Å². The second-order valence-corrected chi connectivity index (χ2v) is 6.88. The minimum absolute atomic E-state index is 0.110. The van der Waals surface area contributed by atoms with Gasteiger partial charge in [0.25, 0.3) is 0 Å². The van der Waals surface area contributed by atoms with Crippen molar-refractivity contribution in [2.75, 3.05) is 26.5 Å². The zero-order chi connectivity index (χ0) is 19.2. The first kappa shape index (κ1) is 20.0. The maximum atomic E-state index is 11.8. The molecular weight excluding hydrogens is 340 g/mol. The molecule has 8 nitrogen and oxygen atoms in total. The molecule has 2 rings (SSSR count). The highest BCUT2D eigenvalue weighted by atomic mass is 16.7. The summed E-state index contributed by atoms with van der Waals surface area (Å²) in [6.45, 7) is 3.66. The maximum absolute atomic E-state index is 11.8. The Morgan fingerprint density at radius 3 is 2.65 bits per heavy atom. The Kier molecular flexibility index (Phi) is 6.82. The van der Waals surface area contributed by atoms with Gasteiger partial charge in [-0.2, -0.15) is 0 Å². The topological polar surface area (TPSA) is 117 Å². The summed E-state index contributed by atoms with van der Waals surface area (Å²) < 4.78 is 10.6. The lowest BCUT2D eigenvalue weighted by Gasteiger charge is -2.27. The Labute approximate surface area is 152 Å². The fourth-order valence-corrected chi connectivity index (χ4v) is 2.37. The van der Waals surface area contributed by atoms with Gasteiger partial charge in [-0.1, -0.05) is 19.9 Å². The molecule has 1 unspecified atom stereocenters. The van der Waals surface area contributed by atoms with E-state index >= 15 is 0 Å². The molecule has 0 fully saturated rings. The van der Waals surface area contributed by atoms with Gasteiger partial charge >= 0.3 is 0 Å². The van der Waals surface area contributed by atoms with Crippen molar-refractivity contribution in [1.29, 1.82) is 0 Å². The van der Waals surface area contributed by atoms with Gasteiger partial charge in [0.05, 0.1) is 6.61 Å². The molecule has 144 valence electrons. The Hall–Kier alpha value is -2.32. The molecule has 0 saturated heterocycles. The van der Waals surface area contributed by atoms with Crippen LogP contribution in [0.3, 0.4) is 0 Å². The summed E-state index contributed by atoms with van der Waals surface area (Å²) in [6.07, 6.45) is -0.571. The van der Waals surface area contributed by atoms with Crippen molar-refractivity contribution < 1.29 is 29.3 Å². The lowest BCUT2D eigenvalue weighted by molar-refractivity contribution is -0.137. The van der Waals surface area contributed by atoms with Crippen molar-refractivity contribution >= 4 is 11.8 Å². The van der Waals surface area contributed by atoms with Crippen molar-refractivity contribution in [3.8, 4) is 11.5 Å². The molecule has 1 aliphatic rings. The highest BCUT2D eigenvalue weighted by Crippen LogP contribution is 2.32. The van der Waals surface area contributed by atoms with E-state index in [1.54, 1.807) is 13.8 Å². The average molecular weight is 366 g/mol. The SMILES string of the molecule is CC(C)(CO)C(O)C(=O)NCCC(=O)NCCc1ccc2c(c1)OCO2. The molecule has 1 aromatic rings. The van der Waals surface area contributed by atoms with Gasteiger partial charge in [0.1, 0.15) is 6.10 Å². The highest BCUT2D eigenvalue weighted by Gasteiger charge is 2.32. The maximum Gasteiger partial charge on any atom is 0.249 e. The summed E-state index contributed by atoms with van der Waals surface area (Å²) in [7, 11) is 0. The average Bonchev–Trinajstić information content (AvgIpc) is 3.08. The second kappa shape index (κ2) is 8.86. The van der Waals surface area contributed by atoms with Crippen LogP contribution >= 0.6 is 0 Å². The van der Waals surface area contributed by atoms with E-state index < -0.39 is 17.4 Å². The predicted octanol–water partition coefficient (Wildman–Crippen LogP) is -0.0403. The minimum atomic E-state index is -1.33. The quantitative estimate of drug-likeness (QED) is 0.487. The number of carbonyl (C=O) groups is 2. The molecule has 0 saturated carbocycles. The number of fused-ring (bicyclic) bond motifs is 1. The minimum Gasteiger partial charge on any atom is -0.454 e. The Bertz CT molecular complexity index is 647. The summed E-state index contributed by atoms with van der Waals surface area (Å²) in [4.78, 5) is 23.6. The molecule has 2 amide bonds. The van der Waals surface area contributed by atoms with Gasteiger partial charge in [-0.25, -0.2) is 0 Å². The smallest absolute Gasteiger partial charge is 0.249 e. The summed E-state index contributed by atoms with van der Waals surface area (Å²) in [6, 6.07) is 5.65. The van der Waals surface area contributed by atoms with E-state index in [0.29, 0.717) is 18.7 Å². The van der Waals surface area contributed by atoms with Crippen molar-refractivity contribution in [3.05, 3.63) is 23.8 Å². The van der Waals surface area contributed by atoms with Gasteiger partial charge in [0.2, 0.25) is 18.6 Å². The first-order valence-electron chi connectivity index (χ1n) is 8.55. The van der Waals surface area contributed by atoms with Gasteiger partial charge in [0.15, 0.2) is 11.5 Å². The molecule has 4 N–H and O–H groups in total. The van der Waals surface area contributed by atoms with Crippen LogP contribution in [0.4, 0.5) is 0 Å². The third-order valence-corrected chi connectivity index (χ3v) is 4.22. The van der Waals surface area contributed by atoms with E-state index in [4.69, 9.17) is 14.6 Å². The molecule has 0 bridgehead atoms. The largest absolute Gasteiger partial charge is 0.454 e. The van der Waals surface area contributed by atoms with Gasteiger partial charge < -0.3 is 30.3 Å². The van der Waals surface area contributed by atoms with Gasteiger partial charge in [-0.3, -0.25) is 9.59 Å². The molecule has 1 aromatic carbocycles. The molecule has 8 heteroatoms. The molecule has 0 radical (unpaired) electrons. The van der Waals surface area contributed by atoms with Gasteiger partial charge in [-0.15, -0.1) is 0 Å². The number of nitrogens with one attached hydrogen (secondary N) is 2. The van der Waals surface area contributed by atoms with E-state index in [1.807, 2.05) is 18.2 Å². The second-order valence-electron chi connectivity index (χ2n) is 6.88. The number of aliphatic hydroxyl groups excluding tert-OH is 2. The summed E-state index contributed by atoms with van der Waals surface area (Å²) in [5, 5.41) is 24.3. The van der Waals surface area contributed by atoms with Crippen molar-refractivity contribution in [1.82, 2.24) is 10.6 Å². The van der Waals surface area contributed by atoms with Crippen molar-refractivity contribution in [2.24, 2.45) is 5.41 Å². The van der Waals surface area contributed by atoms with Crippen LogP contribution in [0.25, 0.3) is 0 Å². The third-order valence-electron chi connectivity index (χ3n) is 4.22. The summed E-state index contributed by atoms with van der Waals surface area (Å²) in [5.74, 6) is 0.639. The van der Waals surface area contributed by atoms with Gasteiger partial charge in [-0.05, 0) is 24.1 Å². The molecule has 1 aliphatic heterocycles. The number of aliphatic hydroxyl groups is 2. The van der Waals surface area contributed by atoms with Crippen LogP contribution in [0.5, 0.6) is 11.5 Å².